The van der Waals surface area contributed by atoms with Crippen LogP contribution in [0.3, 0.4) is 0 Å². The maximum Gasteiger partial charge on any atom is 0.417 e. The summed E-state index contributed by atoms with van der Waals surface area (Å²) in [4.78, 5) is 29.1. The Morgan fingerprint density at radius 2 is 1.62 bits per heavy atom. The zero-order valence-corrected chi connectivity index (χ0v) is 18.6. The van der Waals surface area contributed by atoms with E-state index >= 15 is 0 Å². The van der Waals surface area contributed by atoms with Gasteiger partial charge in [-0.15, -0.1) is 0 Å². The zero-order valence-electron chi connectivity index (χ0n) is 18.6. The summed E-state index contributed by atoms with van der Waals surface area (Å²) in [7, 11) is 1.43. The van der Waals surface area contributed by atoms with Gasteiger partial charge in [0.15, 0.2) is 0 Å². The monoisotopic (exact) mass is 474 g/mol. The minimum Gasteiger partial charge on any atom is -0.313 e. The first kappa shape index (κ1) is 23.5. The highest BCUT2D eigenvalue weighted by Crippen LogP contribution is 2.42. The number of anilines is 3. The first-order chi connectivity index (χ1) is 16.0. The number of rotatable bonds is 3. The summed E-state index contributed by atoms with van der Waals surface area (Å²) in [6.45, 7) is 1.30. The molecule has 1 saturated heterocycles. The average molecular weight is 474 g/mol. The summed E-state index contributed by atoms with van der Waals surface area (Å²) < 4.78 is 55.5. The van der Waals surface area contributed by atoms with Crippen LogP contribution in [0.1, 0.15) is 43.7 Å². The molecule has 2 aliphatic rings. The van der Waals surface area contributed by atoms with Crippen molar-refractivity contribution < 1.29 is 27.2 Å². The van der Waals surface area contributed by atoms with E-state index in [-0.39, 0.29) is 29.0 Å². The van der Waals surface area contributed by atoms with Crippen LogP contribution >= 0.6 is 0 Å². The van der Waals surface area contributed by atoms with Gasteiger partial charge in [0.1, 0.15) is 5.82 Å². The minimum atomic E-state index is -4.75. The fourth-order valence-corrected chi connectivity index (χ4v) is 4.80. The second kappa shape index (κ2) is 8.63. The summed E-state index contributed by atoms with van der Waals surface area (Å²) in [6.07, 6.45) is -1.92. The van der Waals surface area contributed by atoms with E-state index in [1.807, 2.05) is 0 Å². The third-order valence-corrected chi connectivity index (χ3v) is 6.52. The van der Waals surface area contributed by atoms with Gasteiger partial charge in [0, 0.05) is 25.3 Å². The van der Waals surface area contributed by atoms with E-state index in [1.54, 1.807) is 6.07 Å². The molecule has 1 heterocycles. The number of carbonyl (C=O) groups excluding carboxylic acids is 2. The third-order valence-electron chi connectivity index (χ3n) is 6.52. The summed E-state index contributed by atoms with van der Waals surface area (Å²) in [5, 5.41) is 9.09. The Hall–Kier alpha value is -3.61. The number of urea groups is 1. The Morgan fingerprint density at radius 3 is 2.12 bits per heavy atom. The minimum absolute atomic E-state index is 0.0455. The highest BCUT2D eigenvalue weighted by molar-refractivity contribution is 6.08. The summed E-state index contributed by atoms with van der Waals surface area (Å²) >= 11 is 0. The molecule has 0 spiro atoms. The summed E-state index contributed by atoms with van der Waals surface area (Å²) in [5.41, 5.74) is -1.25. The van der Waals surface area contributed by atoms with Gasteiger partial charge in [0.2, 0.25) is 5.91 Å². The van der Waals surface area contributed by atoms with Crippen molar-refractivity contribution in [2.75, 3.05) is 21.7 Å². The number of hydrogen-bond donors (Lipinski definition) is 0. The number of halogens is 4. The summed E-state index contributed by atoms with van der Waals surface area (Å²) in [6, 6.07) is 7.60. The quantitative estimate of drug-likeness (QED) is 0.555. The molecule has 1 saturated carbocycles. The van der Waals surface area contributed by atoms with Gasteiger partial charge in [-0.1, -0.05) is 12.8 Å². The maximum absolute atomic E-state index is 14.9. The molecule has 2 aromatic carbocycles. The molecule has 4 rings (SSSR count). The normalized spacial score (nSPS) is 20.2. The van der Waals surface area contributed by atoms with Gasteiger partial charge in [-0.2, -0.15) is 18.4 Å². The molecule has 178 valence electrons. The molecule has 0 bridgehead atoms. The van der Waals surface area contributed by atoms with Crippen LogP contribution in [0.25, 0.3) is 0 Å². The second-order valence-electron chi connectivity index (χ2n) is 8.49. The third kappa shape index (κ3) is 3.95. The Balaban J connectivity index is 1.76. The van der Waals surface area contributed by atoms with E-state index in [2.05, 4.69) is 0 Å². The lowest BCUT2D eigenvalue weighted by Crippen LogP contribution is -2.40. The number of nitrogens with zero attached hydrogens (tertiary/aromatic N) is 4. The van der Waals surface area contributed by atoms with E-state index in [0.717, 1.165) is 29.9 Å². The molecule has 34 heavy (non-hydrogen) atoms. The van der Waals surface area contributed by atoms with Crippen LogP contribution in [-0.4, -0.2) is 31.1 Å². The van der Waals surface area contributed by atoms with Crippen molar-refractivity contribution in [3.8, 4) is 6.07 Å². The van der Waals surface area contributed by atoms with Gasteiger partial charge in [0.05, 0.1) is 35.0 Å². The van der Waals surface area contributed by atoms with Crippen LogP contribution in [0, 0.1) is 17.1 Å². The SMILES string of the molecule is CC(=O)N(C)c1ccc(N2C(=O)N(c3ccc(C#N)c(C(F)(F)F)c3)C3CCCCC32)cc1F. The molecule has 2 atom stereocenters. The Kier molecular flexibility index (Phi) is 5.98. The van der Waals surface area contributed by atoms with Crippen molar-refractivity contribution in [3.63, 3.8) is 0 Å². The molecule has 2 aromatic rings. The number of benzene rings is 2. The lowest BCUT2D eigenvalue weighted by Gasteiger charge is -2.32. The van der Waals surface area contributed by atoms with Crippen molar-refractivity contribution >= 4 is 29.0 Å². The van der Waals surface area contributed by atoms with Crippen LogP contribution in [0.5, 0.6) is 0 Å². The second-order valence-corrected chi connectivity index (χ2v) is 8.49. The molecule has 6 nitrogen and oxygen atoms in total. The molecule has 2 unspecified atom stereocenters. The standard InChI is InChI=1S/C24H22F4N4O2/c1-14(33)30(2)20-10-9-17(12-19(20)25)32-22-6-4-3-5-21(22)31(23(32)34)16-8-7-15(13-29)18(11-16)24(26,27)28/h7-12,21-22H,3-6H2,1-2H3. The fraction of sp³-hybridized carbons (Fsp3) is 0.375. The van der Waals surface area contributed by atoms with Crippen LogP contribution in [0.4, 0.5) is 39.4 Å². The van der Waals surface area contributed by atoms with Gasteiger partial charge < -0.3 is 4.90 Å². The molecule has 0 aromatic heterocycles. The molecule has 1 aliphatic carbocycles. The van der Waals surface area contributed by atoms with Gasteiger partial charge in [0.25, 0.3) is 0 Å². The number of nitriles is 1. The predicted molar refractivity (Wildman–Crippen MR) is 118 cm³/mol. The molecule has 10 heteroatoms. The molecular weight excluding hydrogens is 452 g/mol. The average Bonchev–Trinajstić information content (AvgIpc) is 3.09. The number of hydrogen-bond acceptors (Lipinski definition) is 3. The van der Waals surface area contributed by atoms with Crippen molar-refractivity contribution in [1.29, 1.82) is 5.26 Å². The van der Waals surface area contributed by atoms with E-state index in [0.29, 0.717) is 12.8 Å². The molecule has 2 fully saturated rings. The highest BCUT2D eigenvalue weighted by Gasteiger charge is 2.48. The number of alkyl halides is 3. The fourth-order valence-electron chi connectivity index (χ4n) is 4.80. The van der Waals surface area contributed by atoms with Gasteiger partial charge in [-0.05, 0) is 49.2 Å². The predicted octanol–water partition coefficient (Wildman–Crippen LogP) is 5.46. The molecule has 1 aliphatic heterocycles. The Labute approximate surface area is 194 Å². The largest absolute Gasteiger partial charge is 0.417 e. The van der Waals surface area contributed by atoms with Crippen molar-refractivity contribution in [3.05, 3.63) is 53.3 Å². The topological polar surface area (TPSA) is 67.7 Å². The Bertz CT molecular complexity index is 1190. The van der Waals surface area contributed by atoms with Crippen LogP contribution < -0.4 is 14.7 Å². The van der Waals surface area contributed by atoms with Gasteiger partial charge in [-0.3, -0.25) is 14.6 Å². The Morgan fingerprint density at radius 1 is 1.06 bits per heavy atom. The van der Waals surface area contributed by atoms with Crippen molar-refractivity contribution in [2.45, 2.75) is 50.9 Å². The number of fused-ring (bicyclic) bond motifs is 1. The first-order valence-electron chi connectivity index (χ1n) is 10.8. The lowest BCUT2D eigenvalue weighted by atomic mass is 9.89. The smallest absolute Gasteiger partial charge is 0.313 e. The molecule has 3 amide bonds. The van der Waals surface area contributed by atoms with Crippen molar-refractivity contribution in [2.24, 2.45) is 0 Å². The van der Waals surface area contributed by atoms with Gasteiger partial charge >= 0.3 is 12.2 Å². The van der Waals surface area contributed by atoms with Crippen molar-refractivity contribution in [1.82, 2.24) is 0 Å². The molecule has 0 N–H and O–H groups in total. The molecule has 0 radical (unpaired) electrons. The van der Waals surface area contributed by atoms with E-state index in [4.69, 9.17) is 5.26 Å². The van der Waals surface area contributed by atoms with Crippen LogP contribution in [-0.2, 0) is 11.0 Å². The van der Waals surface area contributed by atoms with Gasteiger partial charge in [-0.25, -0.2) is 9.18 Å². The first-order valence-corrected chi connectivity index (χ1v) is 10.8. The van der Waals surface area contributed by atoms with E-state index in [1.165, 1.54) is 48.0 Å². The maximum atomic E-state index is 14.9. The lowest BCUT2D eigenvalue weighted by molar-refractivity contribution is -0.137. The number of amides is 3. The van der Waals surface area contributed by atoms with Crippen LogP contribution in [0.2, 0.25) is 0 Å². The molecular formula is C24H22F4N4O2. The van der Waals surface area contributed by atoms with E-state index in [9.17, 15) is 27.2 Å². The zero-order chi connectivity index (χ0) is 24.8. The number of carbonyl (C=O) groups is 2. The highest BCUT2D eigenvalue weighted by atomic mass is 19.4. The van der Waals surface area contributed by atoms with E-state index < -0.39 is 35.2 Å². The van der Waals surface area contributed by atoms with Crippen LogP contribution in [0.15, 0.2) is 36.4 Å². The summed E-state index contributed by atoms with van der Waals surface area (Å²) in [5.74, 6) is -1.05.